The molecule has 0 aliphatic carbocycles. The summed E-state index contributed by atoms with van der Waals surface area (Å²) >= 11 is 0. The lowest BCUT2D eigenvalue weighted by atomic mass is 9.93. The van der Waals surface area contributed by atoms with Crippen LogP contribution in [0.4, 0.5) is 10.6 Å². The van der Waals surface area contributed by atoms with E-state index in [0.29, 0.717) is 32.0 Å². The fourth-order valence-corrected chi connectivity index (χ4v) is 4.31. The van der Waals surface area contributed by atoms with Gasteiger partial charge in [0.15, 0.2) is 0 Å². The number of likely N-dealkylation sites (tertiary alicyclic amines) is 1. The quantitative estimate of drug-likeness (QED) is 0.614. The van der Waals surface area contributed by atoms with Crippen molar-refractivity contribution in [2.75, 3.05) is 57.3 Å². The molecule has 1 atom stereocenters. The number of hydrogen-bond donors (Lipinski definition) is 1. The van der Waals surface area contributed by atoms with Crippen LogP contribution < -0.4 is 10.2 Å². The molecule has 176 valence electrons. The molecule has 9 nitrogen and oxygen atoms in total. The summed E-state index contributed by atoms with van der Waals surface area (Å²) in [6, 6.07) is 5.74. The van der Waals surface area contributed by atoms with E-state index in [9.17, 15) is 14.4 Å². The SMILES string of the molecule is CCOC(=O)CCNC(=O)N1CCC[C@H](CCC(=O)N2CCN(c3ccccn3)CC2)C1. The van der Waals surface area contributed by atoms with E-state index in [1.807, 2.05) is 23.1 Å². The van der Waals surface area contributed by atoms with Gasteiger partial charge in [-0.3, -0.25) is 9.59 Å². The smallest absolute Gasteiger partial charge is 0.317 e. The molecule has 3 rings (SSSR count). The van der Waals surface area contributed by atoms with Crippen LogP contribution in [-0.2, 0) is 14.3 Å². The number of nitrogens with zero attached hydrogens (tertiary/aromatic N) is 4. The molecule has 2 saturated heterocycles. The van der Waals surface area contributed by atoms with E-state index in [1.165, 1.54) is 0 Å². The lowest BCUT2D eigenvalue weighted by Crippen LogP contribution is -2.49. The second-order valence-corrected chi connectivity index (χ2v) is 8.34. The summed E-state index contributed by atoms with van der Waals surface area (Å²) in [7, 11) is 0. The Hall–Kier alpha value is -2.84. The number of esters is 1. The topological polar surface area (TPSA) is 95.1 Å². The standard InChI is InChI=1S/C23H35N5O4/c1-2-32-22(30)10-12-25-23(31)28-13-5-6-19(18-28)8-9-21(29)27-16-14-26(15-17-27)20-7-3-4-11-24-20/h3-4,7,11,19H,2,5-6,8-10,12-18H2,1H3,(H,25,31)/t19-/m1/s1. The van der Waals surface area contributed by atoms with Crippen LogP contribution in [-0.4, -0.2) is 85.1 Å². The molecule has 9 heteroatoms. The third-order valence-electron chi connectivity index (χ3n) is 6.09. The summed E-state index contributed by atoms with van der Waals surface area (Å²) < 4.78 is 4.87. The van der Waals surface area contributed by atoms with Gasteiger partial charge in [-0.2, -0.15) is 0 Å². The Morgan fingerprint density at radius 1 is 1.09 bits per heavy atom. The Morgan fingerprint density at radius 2 is 1.91 bits per heavy atom. The minimum absolute atomic E-state index is 0.143. The fraction of sp³-hybridized carbons (Fsp3) is 0.652. The normalized spacial score (nSPS) is 18.9. The van der Waals surface area contributed by atoms with Crippen molar-refractivity contribution in [2.24, 2.45) is 5.92 Å². The molecule has 0 unspecified atom stereocenters. The number of nitrogens with one attached hydrogen (secondary N) is 1. The number of aromatic nitrogens is 1. The first-order valence-corrected chi connectivity index (χ1v) is 11.7. The minimum atomic E-state index is -0.302. The number of carbonyl (C=O) groups is 3. The molecule has 2 fully saturated rings. The molecule has 0 spiro atoms. The Balaban J connectivity index is 1.35. The number of anilines is 1. The van der Waals surface area contributed by atoms with Gasteiger partial charge in [0.2, 0.25) is 5.91 Å². The number of rotatable bonds is 8. The van der Waals surface area contributed by atoms with Crippen LogP contribution in [0.15, 0.2) is 24.4 Å². The van der Waals surface area contributed by atoms with Gasteiger partial charge in [-0.25, -0.2) is 9.78 Å². The van der Waals surface area contributed by atoms with Crippen molar-refractivity contribution in [3.8, 4) is 0 Å². The molecule has 2 aliphatic heterocycles. The average molecular weight is 446 g/mol. The van der Waals surface area contributed by atoms with Crippen molar-refractivity contribution >= 4 is 23.7 Å². The Bertz CT molecular complexity index is 752. The van der Waals surface area contributed by atoms with Crippen LogP contribution in [0.1, 0.15) is 39.0 Å². The van der Waals surface area contributed by atoms with Crippen LogP contribution in [0.5, 0.6) is 0 Å². The van der Waals surface area contributed by atoms with Crippen molar-refractivity contribution in [1.29, 1.82) is 0 Å². The zero-order valence-electron chi connectivity index (χ0n) is 19.0. The molecule has 0 aromatic carbocycles. The van der Waals surface area contributed by atoms with Gasteiger partial charge >= 0.3 is 12.0 Å². The summed E-state index contributed by atoms with van der Waals surface area (Å²) in [4.78, 5) is 46.8. The highest BCUT2D eigenvalue weighted by atomic mass is 16.5. The highest BCUT2D eigenvalue weighted by Crippen LogP contribution is 2.22. The molecule has 0 radical (unpaired) electrons. The third kappa shape index (κ3) is 7.10. The average Bonchev–Trinajstić information content (AvgIpc) is 2.83. The van der Waals surface area contributed by atoms with E-state index >= 15 is 0 Å². The predicted molar refractivity (Wildman–Crippen MR) is 121 cm³/mol. The van der Waals surface area contributed by atoms with Gasteiger partial charge in [0.25, 0.3) is 0 Å². The van der Waals surface area contributed by atoms with E-state index in [1.54, 1.807) is 18.0 Å². The van der Waals surface area contributed by atoms with Crippen LogP contribution in [0.25, 0.3) is 0 Å². The summed E-state index contributed by atoms with van der Waals surface area (Å²) in [6.07, 6.45) is 5.26. The summed E-state index contributed by atoms with van der Waals surface area (Å²) in [5.41, 5.74) is 0. The summed E-state index contributed by atoms with van der Waals surface area (Å²) in [6.45, 7) is 6.79. The summed E-state index contributed by atoms with van der Waals surface area (Å²) in [5, 5.41) is 2.80. The second-order valence-electron chi connectivity index (χ2n) is 8.34. The molecular formula is C23H35N5O4. The first kappa shape index (κ1) is 23.8. The van der Waals surface area contributed by atoms with E-state index in [2.05, 4.69) is 15.2 Å². The number of urea groups is 1. The van der Waals surface area contributed by atoms with Crippen molar-refractivity contribution in [1.82, 2.24) is 20.1 Å². The van der Waals surface area contributed by atoms with Crippen molar-refractivity contribution in [2.45, 2.75) is 39.0 Å². The van der Waals surface area contributed by atoms with E-state index in [4.69, 9.17) is 4.74 Å². The molecule has 32 heavy (non-hydrogen) atoms. The molecule has 3 amide bonds. The van der Waals surface area contributed by atoms with Crippen LogP contribution in [0.3, 0.4) is 0 Å². The lowest BCUT2D eigenvalue weighted by Gasteiger charge is -2.36. The molecule has 0 bridgehead atoms. The Morgan fingerprint density at radius 3 is 2.62 bits per heavy atom. The van der Waals surface area contributed by atoms with E-state index in [-0.39, 0.29) is 30.9 Å². The van der Waals surface area contributed by atoms with E-state index in [0.717, 1.165) is 51.3 Å². The number of piperazine rings is 1. The maximum absolute atomic E-state index is 12.7. The molecule has 0 saturated carbocycles. The van der Waals surface area contributed by atoms with Gasteiger partial charge < -0.3 is 24.8 Å². The number of pyridine rings is 1. The van der Waals surface area contributed by atoms with Gasteiger partial charge in [-0.05, 0) is 44.2 Å². The van der Waals surface area contributed by atoms with Gasteiger partial charge in [-0.15, -0.1) is 0 Å². The van der Waals surface area contributed by atoms with Gasteiger partial charge in [-0.1, -0.05) is 6.07 Å². The fourth-order valence-electron chi connectivity index (χ4n) is 4.31. The van der Waals surface area contributed by atoms with Gasteiger partial charge in [0.05, 0.1) is 13.0 Å². The van der Waals surface area contributed by atoms with Crippen molar-refractivity contribution < 1.29 is 19.1 Å². The zero-order chi connectivity index (χ0) is 22.8. The number of piperidine rings is 1. The van der Waals surface area contributed by atoms with Crippen LogP contribution >= 0.6 is 0 Å². The van der Waals surface area contributed by atoms with Crippen molar-refractivity contribution in [3.63, 3.8) is 0 Å². The lowest BCUT2D eigenvalue weighted by molar-refractivity contribution is -0.142. The molecular weight excluding hydrogens is 410 g/mol. The zero-order valence-corrected chi connectivity index (χ0v) is 19.0. The molecule has 1 aromatic rings. The Kier molecular flexibility index (Phi) is 9.13. The third-order valence-corrected chi connectivity index (χ3v) is 6.09. The maximum atomic E-state index is 12.7. The Labute approximate surface area is 190 Å². The molecule has 1 N–H and O–H groups in total. The number of amides is 3. The van der Waals surface area contributed by atoms with E-state index < -0.39 is 0 Å². The van der Waals surface area contributed by atoms with Crippen molar-refractivity contribution in [3.05, 3.63) is 24.4 Å². The summed E-state index contributed by atoms with van der Waals surface area (Å²) in [5.74, 6) is 1.19. The van der Waals surface area contributed by atoms with Gasteiger partial charge in [0, 0.05) is 58.4 Å². The van der Waals surface area contributed by atoms with Crippen LogP contribution in [0, 0.1) is 5.92 Å². The molecule has 1 aromatic heterocycles. The number of carbonyl (C=O) groups excluding carboxylic acids is 3. The predicted octanol–water partition coefficient (Wildman–Crippen LogP) is 1.89. The van der Waals surface area contributed by atoms with Crippen LogP contribution in [0.2, 0.25) is 0 Å². The maximum Gasteiger partial charge on any atom is 0.317 e. The first-order valence-electron chi connectivity index (χ1n) is 11.7. The highest BCUT2D eigenvalue weighted by molar-refractivity contribution is 5.77. The first-order chi connectivity index (χ1) is 15.6. The highest BCUT2D eigenvalue weighted by Gasteiger charge is 2.26. The monoisotopic (exact) mass is 445 g/mol. The second kappa shape index (κ2) is 12.3. The number of hydrogen-bond acceptors (Lipinski definition) is 6. The van der Waals surface area contributed by atoms with Gasteiger partial charge in [0.1, 0.15) is 5.82 Å². The largest absolute Gasteiger partial charge is 0.466 e. The number of ether oxygens (including phenoxy) is 1. The molecule has 2 aliphatic rings. The molecule has 3 heterocycles. The minimum Gasteiger partial charge on any atom is -0.466 e.